The molecule has 16 heavy (non-hydrogen) atoms. The Bertz CT molecular complexity index is 378. The molecule has 4 heteroatoms. The van der Waals surface area contributed by atoms with Gasteiger partial charge in [0.2, 0.25) is 0 Å². The molecule has 0 aliphatic carbocycles. The second kappa shape index (κ2) is 5.66. The summed E-state index contributed by atoms with van der Waals surface area (Å²) in [7, 11) is 0. The van der Waals surface area contributed by atoms with E-state index in [-0.39, 0.29) is 5.92 Å². The minimum atomic E-state index is -1.02. The minimum Gasteiger partial charge on any atom is -0.480 e. The van der Waals surface area contributed by atoms with Gasteiger partial charge in [-0.25, -0.2) is 0 Å². The highest BCUT2D eigenvalue weighted by molar-refractivity contribution is 7.07. The maximum absolute atomic E-state index is 10.8. The van der Waals surface area contributed by atoms with E-state index in [1.54, 1.807) is 11.3 Å². The molecule has 1 aromatic rings. The van der Waals surface area contributed by atoms with Crippen LogP contribution in [0.1, 0.15) is 31.7 Å². The first-order valence-corrected chi connectivity index (χ1v) is 6.15. The standard InChI is InChI=1S/C12H15NO2S/c1-8(2)11(9-3-4-16-7-9)5-10(6-13)12(14)15/h3-4,7-8,10-11H,5H2,1-2H3,(H,14,15). The molecule has 86 valence electrons. The van der Waals surface area contributed by atoms with E-state index in [1.807, 2.05) is 22.9 Å². The van der Waals surface area contributed by atoms with Gasteiger partial charge in [-0.2, -0.15) is 16.6 Å². The van der Waals surface area contributed by atoms with Crippen molar-refractivity contribution >= 4 is 17.3 Å². The summed E-state index contributed by atoms with van der Waals surface area (Å²) in [5, 5.41) is 21.7. The summed E-state index contributed by atoms with van der Waals surface area (Å²) in [6.45, 7) is 4.11. The van der Waals surface area contributed by atoms with Crippen LogP contribution in [-0.4, -0.2) is 11.1 Å². The van der Waals surface area contributed by atoms with Crippen LogP contribution in [-0.2, 0) is 4.79 Å². The Morgan fingerprint density at radius 3 is 2.69 bits per heavy atom. The maximum Gasteiger partial charge on any atom is 0.320 e. The van der Waals surface area contributed by atoms with Gasteiger partial charge in [0.25, 0.3) is 0 Å². The molecule has 0 radical (unpaired) electrons. The highest BCUT2D eigenvalue weighted by Gasteiger charge is 2.25. The van der Waals surface area contributed by atoms with Crippen molar-refractivity contribution in [2.24, 2.45) is 11.8 Å². The molecule has 2 unspecified atom stereocenters. The van der Waals surface area contributed by atoms with Crippen LogP contribution in [0, 0.1) is 23.2 Å². The Morgan fingerprint density at radius 2 is 2.31 bits per heavy atom. The van der Waals surface area contributed by atoms with Crippen LogP contribution in [0.2, 0.25) is 0 Å². The summed E-state index contributed by atoms with van der Waals surface area (Å²) in [5.41, 5.74) is 1.14. The molecule has 0 aliphatic rings. The average molecular weight is 237 g/mol. The van der Waals surface area contributed by atoms with Crippen molar-refractivity contribution in [1.82, 2.24) is 0 Å². The van der Waals surface area contributed by atoms with Gasteiger partial charge in [0.15, 0.2) is 0 Å². The quantitative estimate of drug-likeness (QED) is 0.856. The van der Waals surface area contributed by atoms with Gasteiger partial charge in [-0.1, -0.05) is 13.8 Å². The van der Waals surface area contributed by atoms with Crippen LogP contribution >= 0.6 is 11.3 Å². The van der Waals surface area contributed by atoms with Crippen LogP contribution in [0.25, 0.3) is 0 Å². The van der Waals surface area contributed by atoms with Gasteiger partial charge < -0.3 is 5.11 Å². The van der Waals surface area contributed by atoms with E-state index in [2.05, 4.69) is 13.8 Å². The van der Waals surface area contributed by atoms with Gasteiger partial charge in [0.05, 0.1) is 6.07 Å². The van der Waals surface area contributed by atoms with Gasteiger partial charge >= 0.3 is 5.97 Å². The predicted molar refractivity (Wildman–Crippen MR) is 63.3 cm³/mol. The SMILES string of the molecule is CC(C)C(CC(C#N)C(=O)O)c1ccsc1. The molecular weight excluding hydrogens is 222 g/mol. The second-order valence-electron chi connectivity index (χ2n) is 4.16. The van der Waals surface area contributed by atoms with Gasteiger partial charge in [0, 0.05) is 0 Å². The highest BCUT2D eigenvalue weighted by Crippen LogP contribution is 2.32. The van der Waals surface area contributed by atoms with E-state index in [4.69, 9.17) is 10.4 Å². The highest BCUT2D eigenvalue weighted by atomic mass is 32.1. The number of hydrogen-bond acceptors (Lipinski definition) is 3. The molecule has 3 nitrogen and oxygen atoms in total. The van der Waals surface area contributed by atoms with Gasteiger partial charge in [-0.3, -0.25) is 4.79 Å². The lowest BCUT2D eigenvalue weighted by Crippen LogP contribution is -2.18. The predicted octanol–water partition coefficient (Wildman–Crippen LogP) is 3.10. The molecule has 0 aliphatic heterocycles. The monoisotopic (exact) mass is 237 g/mol. The molecule has 2 atom stereocenters. The molecule has 1 rings (SSSR count). The molecule has 0 spiro atoms. The van der Waals surface area contributed by atoms with E-state index in [0.29, 0.717) is 12.3 Å². The van der Waals surface area contributed by atoms with Crippen LogP contribution < -0.4 is 0 Å². The summed E-state index contributed by atoms with van der Waals surface area (Å²) in [5.74, 6) is -1.45. The Morgan fingerprint density at radius 1 is 1.62 bits per heavy atom. The number of carbonyl (C=O) groups is 1. The first-order valence-electron chi connectivity index (χ1n) is 5.20. The van der Waals surface area contributed by atoms with E-state index >= 15 is 0 Å². The van der Waals surface area contributed by atoms with Crippen LogP contribution in [0.4, 0.5) is 0 Å². The third kappa shape index (κ3) is 3.07. The van der Waals surface area contributed by atoms with Gasteiger partial charge in [-0.05, 0) is 40.6 Å². The zero-order valence-electron chi connectivity index (χ0n) is 9.38. The Hall–Kier alpha value is -1.34. The summed E-state index contributed by atoms with van der Waals surface area (Å²) < 4.78 is 0. The number of carboxylic acids is 1. The number of hydrogen-bond donors (Lipinski definition) is 1. The normalized spacial score (nSPS) is 14.4. The second-order valence-corrected chi connectivity index (χ2v) is 4.94. The topological polar surface area (TPSA) is 61.1 Å². The minimum absolute atomic E-state index is 0.145. The molecule has 0 saturated heterocycles. The third-order valence-corrected chi connectivity index (χ3v) is 3.42. The first kappa shape index (κ1) is 12.7. The first-order chi connectivity index (χ1) is 7.56. The zero-order chi connectivity index (χ0) is 12.1. The molecule has 0 amide bonds. The summed E-state index contributed by atoms with van der Waals surface area (Å²) in [6.07, 6.45) is 0.389. The number of carboxylic acid groups (broad SMARTS) is 1. The number of nitriles is 1. The number of nitrogens with zero attached hydrogens (tertiary/aromatic N) is 1. The molecular formula is C12H15NO2S. The van der Waals surface area contributed by atoms with E-state index in [9.17, 15) is 4.79 Å². The average Bonchev–Trinajstić information content (AvgIpc) is 2.71. The van der Waals surface area contributed by atoms with Crippen LogP contribution in [0.3, 0.4) is 0 Å². The van der Waals surface area contributed by atoms with Crippen molar-refractivity contribution in [3.8, 4) is 6.07 Å². The van der Waals surface area contributed by atoms with Crippen molar-refractivity contribution in [2.45, 2.75) is 26.2 Å². The molecule has 0 fully saturated rings. The van der Waals surface area contributed by atoms with E-state index in [1.165, 1.54) is 0 Å². The summed E-state index contributed by atoms with van der Waals surface area (Å²) in [4.78, 5) is 10.8. The third-order valence-electron chi connectivity index (χ3n) is 2.72. The zero-order valence-corrected chi connectivity index (χ0v) is 10.2. The van der Waals surface area contributed by atoms with Gasteiger partial charge in [0.1, 0.15) is 5.92 Å². The lowest BCUT2D eigenvalue weighted by Gasteiger charge is -2.20. The lowest BCUT2D eigenvalue weighted by atomic mass is 9.83. The van der Waals surface area contributed by atoms with Crippen LogP contribution in [0.5, 0.6) is 0 Å². The molecule has 0 bridgehead atoms. The summed E-state index contributed by atoms with van der Waals surface area (Å²) >= 11 is 1.60. The van der Waals surface area contributed by atoms with Gasteiger partial charge in [-0.15, -0.1) is 0 Å². The number of aliphatic carboxylic acids is 1. The van der Waals surface area contributed by atoms with Crippen molar-refractivity contribution in [2.75, 3.05) is 0 Å². The fraction of sp³-hybridized carbons (Fsp3) is 0.500. The van der Waals surface area contributed by atoms with Crippen LogP contribution in [0.15, 0.2) is 16.8 Å². The number of rotatable bonds is 5. The van der Waals surface area contributed by atoms with E-state index < -0.39 is 11.9 Å². The smallest absolute Gasteiger partial charge is 0.320 e. The molecule has 1 aromatic heterocycles. The Balaban J connectivity index is 2.81. The van der Waals surface area contributed by atoms with Crippen molar-refractivity contribution in [3.05, 3.63) is 22.4 Å². The summed E-state index contributed by atoms with van der Waals surface area (Å²) in [6, 6.07) is 3.86. The largest absolute Gasteiger partial charge is 0.480 e. The molecule has 1 N–H and O–H groups in total. The number of thiophene rings is 1. The Labute approximate surface area is 99.3 Å². The van der Waals surface area contributed by atoms with Crippen molar-refractivity contribution in [3.63, 3.8) is 0 Å². The fourth-order valence-electron chi connectivity index (χ4n) is 1.74. The van der Waals surface area contributed by atoms with Crippen molar-refractivity contribution in [1.29, 1.82) is 5.26 Å². The lowest BCUT2D eigenvalue weighted by molar-refractivity contribution is -0.140. The maximum atomic E-state index is 10.8. The molecule has 0 saturated carbocycles. The molecule has 1 heterocycles. The van der Waals surface area contributed by atoms with E-state index in [0.717, 1.165) is 5.56 Å². The Kier molecular flexibility index (Phi) is 4.51. The molecule has 0 aromatic carbocycles. The van der Waals surface area contributed by atoms with Crippen molar-refractivity contribution < 1.29 is 9.90 Å². The fourth-order valence-corrected chi connectivity index (χ4v) is 2.47.